The van der Waals surface area contributed by atoms with Crippen LogP contribution in [0.4, 0.5) is 5.69 Å². The monoisotopic (exact) mass is 589 g/mol. The van der Waals surface area contributed by atoms with Crippen LogP contribution in [0.3, 0.4) is 0 Å². The van der Waals surface area contributed by atoms with Crippen molar-refractivity contribution in [2.24, 2.45) is 5.10 Å². The maximum absolute atomic E-state index is 13.3. The molecular weight excluding hydrogens is 566 g/mol. The van der Waals surface area contributed by atoms with E-state index in [9.17, 15) is 20.2 Å². The number of halogens is 1. The number of ether oxygens (including phenoxy) is 2. The SMILES string of the molecule is CCCc1nc2ccc(Br)cc2c(=O)n1N=Cc1cc(OCC)c(OCc2ccccc2C#N)c([N+](=O)[O-])c1. The van der Waals surface area contributed by atoms with Crippen molar-refractivity contribution in [3.63, 3.8) is 0 Å². The van der Waals surface area contributed by atoms with Gasteiger partial charge in [0.25, 0.3) is 5.56 Å². The molecule has 0 saturated carbocycles. The number of aromatic nitrogens is 2. The normalized spacial score (nSPS) is 11.0. The molecule has 0 spiro atoms. The lowest BCUT2D eigenvalue weighted by Crippen LogP contribution is -2.22. The lowest BCUT2D eigenvalue weighted by molar-refractivity contribution is -0.386. The number of nitro benzene ring substituents is 1. The van der Waals surface area contributed by atoms with Crippen molar-refractivity contribution < 1.29 is 14.4 Å². The molecule has 0 N–H and O–H groups in total. The van der Waals surface area contributed by atoms with Gasteiger partial charge in [-0.15, -0.1) is 0 Å². The summed E-state index contributed by atoms with van der Waals surface area (Å²) in [6.45, 7) is 3.88. The number of nitro groups is 1. The summed E-state index contributed by atoms with van der Waals surface area (Å²) >= 11 is 3.38. The van der Waals surface area contributed by atoms with Gasteiger partial charge in [0, 0.05) is 28.1 Å². The Kier molecular flexibility index (Phi) is 8.68. The summed E-state index contributed by atoms with van der Waals surface area (Å²) in [6.07, 6.45) is 2.61. The third-order valence-electron chi connectivity index (χ3n) is 5.74. The number of aryl methyl sites for hydroxylation is 1. The van der Waals surface area contributed by atoms with Crippen LogP contribution in [-0.4, -0.2) is 27.4 Å². The Morgan fingerprint density at radius 1 is 1.18 bits per heavy atom. The standard InChI is InChI=1S/C28H24BrN5O5/c1-3-7-26-32-23-11-10-21(29)14-22(23)28(35)33(26)31-16-18-12-24(34(36)37)27(25(13-18)38-4-2)39-17-20-9-6-5-8-19(20)15-30/h5-6,8-14,16H,3-4,7,17H2,1-2H3. The van der Waals surface area contributed by atoms with E-state index in [-0.39, 0.29) is 36.0 Å². The van der Waals surface area contributed by atoms with Crippen molar-refractivity contribution >= 4 is 38.7 Å². The van der Waals surface area contributed by atoms with Crippen LogP contribution in [0.25, 0.3) is 10.9 Å². The summed E-state index contributed by atoms with van der Waals surface area (Å²) in [5, 5.41) is 26.1. The van der Waals surface area contributed by atoms with Crippen molar-refractivity contribution in [1.82, 2.24) is 9.66 Å². The number of nitrogens with zero attached hydrogens (tertiary/aromatic N) is 5. The van der Waals surface area contributed by atoms with Crippen molar-refractivity contribution in [2.75, 3.05) is 6.61 Å². The predicted octanol–water partition coefficient (Wildman–Crippen LogP) is 5.75. The second-order valence-electron chi connectivity index (χ2n) is 8.42. The number of benzene rings is 3. The van der Waals surface area contributed by atoms with Gasteiger partial charge in [0.05, 0.1) is 40.3 Å². The molecule has 0 unspecified atom stereocenters. The van der Waals surface area contributed by atoms with E-state index in [4.69, 9.17) is 9.47 Å². The molecule has 0 amide bonds. The molecule has 0 saturated heterocycles. The molecule has 0 atom stereocenters. The highest BCUT2D eigenvalue weighted by molar-refractivity contribution is 9.10. The van der Waals surface area contributed by atoms with Crippen LogP contribution in [0.15, 0.2) is 69.0 Å². The van der Waals surface area contributed by atoms with Gasteiger partial charge in [-0.1, -0.05) is 41.1 Å². The largest absolute Gasteiger partial charge is 0.490 e. The molecule has 39 heavy (non-hydrogen) atoms. The van der Waals surface area contributed by atoms with Crippen molar-refractivity contribution in [2.45, 2.75) is 33.3 Å². The highest BCUT2D eigenvalue weighted by atomic mass is 79.9. The first kappa shape index (κ1) is 27.5. The Bertz CT molecular complexity index is 1680. The van der Waals surface area contributed by atoms with Gasteiger partial charge in [-0.2, -0.15) is 15.0 Å². The average Bonchev–Trinajstić information content (AvgIpc) is 2.93. The third kappa shape index (κ3) is 6.13. The molecule has 0 fully saturated rings. The first-order valence-corrected chi connectivity index (χ1v) is 13.0. The van der Waals surface area contributed by atoms with Gasteiger partial charge in [-0.3, -0.25) is 14.9 Å². The average molecular weight is 590 g/mol. The lowest BCUT2D eigenvalue weighted by Gasteiger charge is -2.14. The molecule has 3 aromatic carbocycles. The van der Waals surface area contributed by atoms with Crippen LogP contribution in [0.1, 0.15) is 42.8 Å². The number of nitriles is 1. The Morgan fingerprint density at radius 2 is 1.97 bits per heavy atom. The Hall–Kier alpha value is -4.56. The van der Waals surface area contributed by atoms with E-state index < -0.39 is 4.92 Å². The molecule has 0 aliphatic heterocycles. The van der Waals surface area contributed by atoms with Gasteiger partial charge in [-0.05, 0) is 43.7 Å². The van der Waals surface area contributed by atoms with Gasteiger partial charge in [0.1, 0.15) is 12.4 Å². The Morgan fingerprint density at radius 3 is 2.69 bits per heavy atom. The molecular formula is C28H24BrN5O5. The molecule has 0 aliphatic carbocycles. The number of rotatable bonds is 10. The summed E-state index contributed by atoms with van der Waals surface area (Å²) < 4.78 is 13.5. The molecule has 1 aromatic heterocycles. The van der Waals surface area contributed by atoms with Crippen molar-refractivity contribution in [3.05, 3.63) is 102 Å². The van der Waals surface area contributed by atoms with Gasteiger partial charge in [0.15, 0.2) is 5.75 Å². The zero-order valence-corrected chi connectivity index (χ0v) is 22.8. The zero-order chi connectivity index (χ0) is 27.9. The summed E-state index contributed by atoms with van der Waals surface area (Å²) in [4.78, 5) is 29.3. The fourth-order valence-electron chi connectivity index (χ4n) is 3.95. The topological polar surface area (TPSA) is 133 Å². The van der Waals surface area contributed by atoms with Crippen molar-refractivity contribution in [3.8, 4) is 17.6 Å². The first-order valence-electron chi connectivity index (χ1n) is 12.2. The fourth-order valence-corrected chi connectivity index (χ4v) is 4.32. The van der Waals surface area contributed by atoms with E-state index in [1.54, 1.807) is 49.4 Å². The summed E-state index contributed by atoms with van der Waals surface area (Å²) in [5.41, 5.74) is 1.20. The highest BCUT2D eigenvalue weighted by Gasteiger charge is 2.23. The zero-order valence-electron chi connectivity index (χ0n) is 21.3. The second kappa shape index (κ2) is 12.3. The quantitative estimate of drug-likeness (QED) is 0.130. The summed E-state index contributed by atoms with van der Waals surface area (Å²) in [5.74, 6) is 0.557. The van der Waals surface area contributed by atoms with Gasteiger partial charge < -0.3 is 9.47 Å². The molecule has 0 aliphatic rings. The van der Waals surface area contributed by atoms with E-state index in [1.807, 2.05) is 13.0 Å². The summed E-state index contributed by atoms with van der Waals surface area (Å²) in [7, 11) is 0. The fraction of sp³-hybridized carbons (Fsp3) is 0.214. The van der Waals surface area contributed by atoms with Gasteiger partial charge in [-0.25, -0.2) is 4.98 Å². The smallest absolute Gasteiger partial charge is 0.315 e. The van der Waals surface area contributed by atoms with E-state index in [1.165, 1.54) is 17.0 Å². The van der Waals surface area contributed by atoms with E-state index in [0.29, 0.717) is 39.8 Å². The molecule has 1 heterocycles. The van der Waals surface area contributed by atoms with Crippen LogP contribution < -0.4 is 15.0 Å². The maximum Gasteiger partial charge on any atom is 0.315 e. The molecule has 11 heteroatoms. The van der Waals surface area contributed by atoms with E-state index in [0.717, 1.165) is 10.9 Å². The van der Waals surface area contributed by atoms with Crippen LogP contribution >= 0.6 is 15.9 Å². The van der Waals surface area contributed by atoms with E-state index in [2.05, 4.69) is 32.1 Å². The van der Waals surface area contributed by atoms with Crippen LogP contribution in [0.2, 0.25) is 0 Å². The van der Waals surface area contributed by atoms with Crippen LogP contribution in [0, 0.1) is 21.4 Å². The number of hydrogen-bond acceptors (Lipinski definition) is 8. The van der Waals surface area contributed by atoms with Gasteiger partial charge >= 0.3 is 5.69 Å². The predicted molar refractivity (Wildman–Crippen MR) is 150 cm³/mol. The molecule has 10 nitrogen and oxygen atoms in total. The minimum Gasteiger partial charge on any atom is -0.490 e. The summed E-state index contributed by atoms with van der Waals surface area (Å²) in [6, 6.07) is 17.0. The first-order chi connectivity index (χ1) is 18.9. The molecule has 0 radical (unpaired) electrons. The maximum atomic E-state index is 13.3. The highest BCUT2D eigenvalue weighted by Crippen LogP contribution is 2.39. The number of hydrogen-bond donors (Lipinski definition) is 0. The van der Waals surface area contributed by atoms with E-state index >= 15 is 0 Å². The molecule has 0 bridgehead atoms. The molecule has 198 valence electrons. The van der Waals surface area contributed by atoms with Crippen LogP contribution in [-0.2, 0) is 13.0 Å². The molecule has 4 aromatic rings. The third-order valence-corrected chi connectivity index (χ3v) is 6.23. The lowest BCUT2D eigenvalue weighted by atomic mass is 10.1. The molecule has 4 rings (SSSR count). The number of fused-ring (bicyclic) bond motifs is 1. The minimum absolute atomic E-state index is 0.0622. The Labute approximate surface area is 232 Å². The minimum atomic E-state index is -0.574. The van der Waals surface area contributed by atoms with Crippen LogP contribution in [0.5, 0.6) is 11.5 Å². The Balaban J connectivity index is 1.77. The van der Waals surface area contributed by atoms with Crippen molar-refractivity contribution in [1.29, 1.82) is 5.26 Å². The second-order valence-corrected chi connectivity index (χ2v) is 9.33. The van der Waals surface area contributed by atoms with Gasteiger partial charge in [0.2, 0.25) is 5.75 Å².